The van der Waals surface area contributed by atoms with Crippen molar-refractivity contribution in [1.82, 2.24) is 0 Å². The second-order valence-corrected chi connectivity index (χ2v) is 4.98. The van der Waals surface area contributed by atoms with Crippen LogP contribution in [0.1, 0.15) is 46.5 Å². The first-order valence-electron chi connectivity index (χ1n) is 6.39. The second kappa shape index (κ2) is 8.48. The van der Waals surface area contributed by atoms with Gasteiger partial charge in [0.1, 0.15) is 5.54 Å². The maximum absolute atomic E-state index is 11.3. The van der Waals surface area contributed by atoms with Gasteiger partial charge in [-0.2, -0.15) is 0 Å². The zero-order chi connectivity index (χ0) is 13.3. The topological polar surface area (TPSA) is 61.5 Å². The molecule has 0 saturated carbocycles. The number of carbonyl (C=O) groups is 1. The van der Waals surface area contributed by atoms with Crippen LogP contribution in [-0.4, -0.2) is 31.8 Å². The van der Waals surface area contributed by atoms with Crippen molar-refractivity contribution in [3.63, 3.8) is 0 Å². The first-order valence-corrected chi connectivity index (χ1v) is 6.39. The number of esters is 1. The fourth-order valence-corrected chi connectivity index (χ4v) is 1.74. The highest BCUT2D eigenvalue weighted by Crippen LogP contribution is 2.11. The van der Waals surface area contributed by atoms with Crippen LogP contribution in [-0.2, 0) is 14.3 Å². The van der Waals surface area contributed by atoms with Gasteiger partial charge in [0.05, 0.1) is 7.11 Å². The smallest absolute Gasteiger partial charge is 0.325 e. The standard InChI is InChI=1S/C13H27NO3/c1-5-7-11(2)10-17-9-6-8-13(3,14)12(15)16-4/h11H,5-10,14H2,1-4H3. The molecule has 0 amide bonds. The number of ether oxygens (including phenoxy) is 2. The number of carbonyl (C=O) groups excluding carboxylic acids is 1. The van der Waals surface area contributed by atoms with Crippen LogP contribution in [0.4, 0.5) is 0 Å². The van der Waals surface area contributed by atoms with Crippen LogP contribution in [0, 0.1) is 5.92 Å². The molecule has 4 heteroatoms. The van der Waals surface area contributed by atoms with Crippen molar-refractivity contribution in [3.05, 3.63) is 0 Å². The molecule has 0 rings (SSSR count). The second-order valence-electron chi connectivity index (χ2n) is 4.98. The quantitative estimate of drug-likeness (QED) is 0.499. The fraction of sp³-hybridized carbons (Fsp3) is 0.923. The van der Waals surface area contributed by atoms with Gasteiger partial charge in [-0.25, -0.2) is 0 Å². The molecule has 0 fully saturated rings. The number of hydrogen-bond acceptors (Lipinski definition) is 4. The molecule has 0 aliphatic rings. The van der Waals surface area contributed by atoms with Crippen LogP contribution in [0.3, 0.4) is 0 Å². The van der Waals surface area contributed by atoms with Crippen LogP contribution < -0.4 is 5.73 Å². The van der Waals surface area contributed by atoms with Crippen molar-refractivity contribution in [2.75, 3.05) is 20.3 Å². The molecule has 0 saturated heterocycles. The van der Waals surface area contributed by atoms with Gasteiger partial charge in [-0.1, -0.05) is 20.3 Å². The van der Waals surface area contributed by atoms with Gasteiger partial charge in [0, 0.05) is 13.2 Å². The molecule has 2 unspecified atom stereocenters. The van der Waals surface area contributed by atoms with E-state index in [9.17, 15) is 4.79 Å². The third-order valence-electron chi connectivity index (χ3n) is 2.82. The lowest BCUT2D eigenvalue weighted by atomic mass is 9.98. The van der Waals surface area contributed by atoms with Crippen LogP contribution in [0.5, 0.6) is 0 Å². The number of rotatable bonds is 9. The van der Waals surface area contributed by atoms with Crippen molar-refractivity contribution in [1.29, 1.82) is 0 Å². The van der Waals surface area contributed by atoms with Crippen LogP contribution in [0.15, 0.2) is 0 Å². The molecule has 17 heavy (non-hydrogen) atoms. The highest BCUT2D eigenvalue weighted by Gasteiger charge is 2.28. The summed E-state index contributed by atoms with van der Waals surface area (Å²) >= 11 is 0. The lowest BCUT2D eigenvalue weighted by molar-refractivity contribution is -0.146. The summed E-state index contributed by atoms with van der Waals surface area (Å²) in [5.41, 5.74) is 4.93. The summed E-state index contributed by atoms with van der Waals surface area (Å²) in [6, 6.07) is 0. The Bertz CT molecular complexity index is 217. The molecule has 2 atom stereocenters. The molecule has 0 spiro atoms. The van der Waals surface area contributed by atoms with E-state index in [0.717, 1.165) is 13.0 Å². The molecule has 0 aromatic heterocycles. The van der Waals surface area contributed by atoms with Gasteiger partial charge in [-0.05, 0) is 32.1 Å². The molecule has 4 nitrogen and oxygen atoms in total. The molecule has 0 aliphatic heterocycles. The Morgan fingerprint density at radius 3 is 2.65 bits per heavy atom. The molecular weight excluding hydrogens is 218 g/mol. The number of methoxy groups -OCH3 is 1. The maximum atomic E-state index is 11.3. The van der Waals surface area contributed by atoms with E-state index in [0.29, 0.717) is 18.9 Å². The Kier molecular flexibility index (Phi) is 8.17. The van der Waals surface area contributed by atoms with E-state index in [1.165, 1.54) is 20.0 Å². The van der Waals surface area contributed by atoms with Crippen molar-refractivity contribution in [2.24, 2.45) is 11.7 Å². The summed E-state index contributed by atoms with van der Waals surface area (Å²) in [7, 11) is 1.36. The minimum atomic E-state index is -0.896. The molecule has 102 valence electrons. The third kappa shape index (κ3) is 7.34. The molecular formula is C13H27NO3. The van der Waals surface area contributed by atoms with Gasteiger partial charge in [-0.3, -0.25) is 4.79 Å². The van der Waals surface area contributed by atoms with Crippen LogP contribution >= 0.6 is 0 Å². The highest BCUT2D eigenvalue weighted by atomic mass is 16.5. The SMILES string of the molecule is CCCC(C)COCCCC(C)(N)C(=O)OC. The zero-order valence-corrected chi connectivity index (χ0v) is 11.6. The minimum Gasteiger partial charge on any atom is -0.468 e. The van der Waals surface area contributed by atoms with E-state index in [2.05, 4.69) is 18.6 Å². The van der Waals surface area contributed by atoms with Crippen LogP contribution in [0.25, 0.3) is 0 Å². The normalized spacial score (nSPS) is 16.3. The van der Waals surface area contributed by atoms with Crippen molar-refractivity contribution >= 4 is 5.97 Å². The number of hydrogen-bond donors (Lipinski definition) is 1. The van der Waals surface area contributed by atoms with Crippen molar-refractivity contribution in [3.8, 4) is 0 Å². The highest BCUT2D eigenvalue weighted by molar-refractivity contribution is 5.79. The van der Waals surface area contributed by atoms with E-state index in [1.54, 1.807) is 6.92 Å². The average Bonchev–Trinajstić information content (AvgIpc) is 2.27. The third-order valence-corrected chi connectivity index (χ3v) is 2.82. The van der Waals surface area contributed by atoms with Gasteiger partial charge in [0.25, 0.3) is 0 Å². The Balaban J connectivity index is 3.60. The van der Waals surface area contributed by atoms with Gasteiger partial charge in [-0.15, -0.1) is 0 Å². The molecule has 0 bridgehead atoms. The van der Waals surface area contributed by atoms with Crippen LogP contribution in [0.2, 0.25) is 0 Å². The minimum absolute atomic E-state index is 0.364. The summed E-state index contributed by atoms with van der Waals surface area (Å²) in [4.78, 5) is 11.3. The van der Waals surface area contributed by atoms with Gasteiger partial charge < -0.3 is 15.2 Å². The summed E-state index contributed by atoms with van der Waals surface area (Å²) in [5.74, 6) is 0.238. The maximum Gasteiger partial charge on any atom is 0.325 e. The first kappa shape index (κ1) is 16.4. The molecule has 2 N–H and O–H groups in total. The van der Waals surface area contributed by atoms with E-state index in [-0.39, 0.29) is 5.97 Å². The fourth-order valence-electron chi connectivity index (χ4n) is 1.74. The lowest BCUT2D eigenvalue weighted by Gasteiger charge is -2.21. The van der Waals surface area contributed by atoms with Gasteiger partial charge in [0.15, 0.2) is 0 Å². The van der Waals surface area contributed by atoms with Gasteiger partial charge in [0.2, 0.25) is 0 Å². The summed E-state index contributed by atoms with van der Waals surface area (Å²) in [6.07, 6.45) is 3.74. The number of nitrogens with two attached hydrogens (primary N) is 1. The molecule has 0 aromatic rings. The summed E-state index contributed by atoms with van der Waals surface area (Å²) in [6.45, 7) is 7.49. The average molecular weight is 245 g/mol. The molecule has 0 radical (unpaired) electrons. The Hall–Kier alpha value is -0.610. The largest absolute Gasteiger partial charge is 0.468 e. The Morgan fingerprint density at radius 2 is 2.12 bits per heavy atom. The van der Waals surface area contributed by atoms with E-state index in [1.807, 2.05) is 0 Å². The predicted molar refractivity (Wildman–Crippen MR) is 68.7 cm³/mol. The first-order chi connectivity index (χ1) is 7.94. The zero-order valence-electron chi connectivity index (χ0n) is 11.6. The van der Waals surface area contributed by atoms with Crippen molar-refractivity contribution < 1.29 is 14.3 Å². The van der Waals surface area contributed by atoms with E-state index >= 15 is 0 Å². The predicted octanol–water partition coefficient (Wildman–Crippen LogP) is 2.11. The van der Waals surface area contributed by atoms with Gasteiger partial charge >= 0.3 is 5.97 Å². The molecule has 0 aromatic carbocycles. The summed E-state index contributed by atoms with van der Waals surface area (Å²) < 4.78 is 10.2. The Morgan fingerprint density at radius 1 is 1.47 bits per heavy atom. The molecule has 0 heterocycles. The summed E-state index contributed by atoms with van der Waals surface area (Å²) in [5, 5.41) is 0. The molecule has 0 aliphatic carbocycles. The van der Waals surface area contributed by atoms with E-state index < -0.39 is 5.54 Å². The lowest BCUT2D eigenvalue weighted by Crippen LogP contribution is -2.45. The van der Waals surface area contributed by atoms with E-state index in [4.69, 9.17) is 10.5 Å². The Labute approximate surface area is 105 Å². The monoisotopic (exact) mass is 245 g/mol. The van der Waals surface area contributed by atoms with Crippen molar-refractivity contribution in [2.45, 2.75) is 52.0 Å².